The van der Waals surface area contributed by atoms with Gasteiger partial charge in [-0.2, -0.15) is 4.98 Å². The maximum absolute atomic E-state index is 14.4. The number of primary amides is 1. The number of rotatable bonds is 7. The van der Waals surface area contributed by atoms with Crippen molar-refractivity contribution in [3.8, 4) is 5.75 Å². The van der Waals surface area contributed by atoms with Crippen molar-refractivity contribution in [2.45, 2.75) is 12.8 Å². The molecule has 0 aliphatic carbocycles. The summed E-state index contributed by atoms with van der Waals surface area (Å²) in [6.07, 6.45) is 2.49. The highest BCUT2D eigenvalue weighted by atomic mass is 19.1. The second kappa shape index (κ2) is 8.88. The van der Waals surface area contributed by atoms with Crippen LogP contribution in [0, 0.1) is 5.82 Å². The molecule has 1 aromatic heterocycles. The Morgan fingerprint density at radius 2 is 1.97 bits per heavy atom. The first-order chi connectivity index (χ1) is 15.4. The molecular formula is C22H21FN6O3. The second-order valence-electron chi connectivity index (χ2n) is 7.11. The number of ether oxygens (including phenoxy) is 1. The lowest BCUT2D eigenvalue weighted by atomic mass is 10.2. The second-order valence-corrected chi connectivity index (χ2v) is 7.11. The van der Waals surface area contributed by atoms with Crippen LogP contribution in [0.1, 0.15) is 23.2 Å². The molecule has 0 radical (unpaired) electrons. The Kier molecular flexibility index (Phi) is 5.84. The van der Waals surface area contributed by atoms with Gasteiger partial charge in [-0.3, -0.25) is 9.59 Å². The van der Waals surface area contributed by atoms with E-state index in [1.807, 2.05) is 0 Å². The summed E-state index contributed by atoms with van der Waals surface area (Å²) in [5, 5.41) is 5.83. The van der Waals surface area contributed by atoms with E-state index in [0.29, 0.717) is 30.1 Å². The summed E-state index contributed by atoms with van der Waals surface area (Å²) in [6.45, 7) is 0.587. The van der Waals surface area contributed by atoms with Crippen molar-refractivity contribution in [2.75, 3.05) is 29.2 Å². The quantitative estimate of drug-likeness (QED) is 0.519. The van der Waals surface area contributed by atoms with Crippen molar-refractivity contribution >= 4 is 40.6 Å². The Morgan fingerprint density at radius 3 is 2.62 bits per heavy atom. The number of hydrogen-bond donors (Lipinski definition) is 3. The minimum absolute atomic E-state index is 0.00408. The number of nitrogens with two attached hydrogens (primary N) is 1. The van der Waals surface area contributed by atoms with Gasteiger partial charge in [0.25, 0.3) is 5.91 Å². The van der Waals surface area contributed by atoms with Crippen molar-refractivity contribution in [1.82, 2.24) is 9.97 Å². The molecular weight excluding hydrogens is 415 g/mol. The van der Waals surface area contributed by atoms with Gasteiger partial charge in [0, 0.05) is 30.5 Å². The van der Waals surface area contributed by atoms with Crippen LogP contribution in [-0.4, -0.2) is 35.4 Å². The van der Waals surface area contributed by atoms with E-state index in [9.17, 15) is 14.0 Å². The van der Waals surface area contributed by atoms with E-state index in [0.717, 1.165) is 6.42 Å². The van der Waals surface area contributed by atoms with Gasteiger partial charge in [0.2, 0.25) is 11.9 Å². The van der Waals surface area contributed by atoms with E-state index in [4.69, 9.17) is 10.5 Å². The Bertz CT molecular complexity index is 1170. The van der Waals surface area contributed by atoms with Gasteiger partial charge in [-0.05, 0) is 48.9 Å². The molecule has 0 bridgehead atoms. The van der Waals surface area contributed by atoms with E-state index in [1.165, 1.54) is 18.3 Å². The highest BCUT2D eigenvalue weighted by Gasteiger charge is 2.22. The van der Waals surface area contributed by atoms with Gasteiger partial charge < -0.3 is 26.0 Å². The molecule has 0 atom stereocenters. The van der Waals surface area contributed by atoms with E-state index in [-0.39, 0.29) is 28.9 Å². The van der Waals surface area contributed by atoms with Gasteiger partial charge in [0.1, 0.15) is 22.9 Å². The lowest BCUT2D eigenvalue weighted by molar-refractivity contribution is -0.117. The Balaban J connectivity index is 1.62. The summed E-state index contributed by atoms with van der Waals surface area (Å²) < 4.78 is 19.6. The number of hydrogen-bond acceptors (Lipinski definition) is 7. The molecule has 0 unspecified atom stereocenters. The van der Waals surface area contributed by atoms with Crippen LogP contribution < -0.4 is 26.0 Å². The molecule has 2 heterocycles. The molecule has 3 aromatic rings. The van der Waals surface area contributed by atoms with Crippen LogP contribution in [0.5, 0.6) is 5.75 Å². The van der Waals surface area contributed by atoms with Crippen LogP contribution >= 0.6 is 0 Å². The number of carbonyl (C=O) groups is 2. The Labute approximate surface area is 183 Å². The van der Waals surface area contributed by atoms with Gasteiger partial charge in [-0.15, -0.1) is 0 Å². The average molecular weight is 436 g/mol. The number of amides is 2. The zero-order chi connectivity index (χ0) is 22.7. The van der Waals surface area contributed by atoms with Crippen molar-refractivity contribution in [3.63, 3.8) is 0 Å². The molecule has 4 rings (SSSR count). The largest absolute Gasteiger partial charge is 0.497 e. The van der Waals surface area contributed by atoms with E-state index in [1.54, 1.807) is 42.3 Å². The smallest absolute Gasteiger partial charge is 0.254 e. The maximum Gasteiger partial charge on any atom is 0.254 e. The fourth-order valence-electron chi connectivity index (χ4n) is 3.35. The normalized spacial score (nSPS) is 13.2. The molecule has 9 nitrogen and oxygen atoms in total. The zero-order valence-corrected chi connectivity index (χ0v) is 17.3. The SMILES string of the molecule is COc1ccc(Nc2nc(Nc3cc(N4CCCC4=O)ccc3F)ncc2C(N)=O)cc1. The minimum atomic E-state index is -0.715. The molecule has 1 aliphatic heterocycles. The van der Waals surface area contributed by atoms with Crippen LogP contribution in [-0.2, 0) is 4.79 Å². The average Bonchev–Trinajstić information content (AvgIpc) is 3.21. The van der Waals surface area contributed by atoms with Gasteiger partial charge in [0.15, 0.2) is 0 Å². The van der Waals surface area contributed by atoms with Gasteiger partial charge in [-0.25, -0.2) is 9.37 Å². The molecule has 1 fully saturated rings. The Hall–Kier alpha value is -4.21. The van der Waals surface area contributed by atoms with Gasteiger partial charge in [0.05, 0.1) is 12.8 Å². The third-order valence-corrected chi connectivity index (χ3v) is 4.99. The molecule has 2 amide bonds. The summed E-state index contributed by atoms with van der Waals surface area (Å²) in [5.74, 6) is -0.375. The third kappa shape index (κ3) is 4.43. The molecule has 2 aromatic carbocycles. The summed E-state index contributed by atoms with van der Waals surface area (Å²) >= 11 is 0. The van der Waals surface area contributed by atoms with E-state index < -0.39 is 11.7 Å². The van der Waals surface area contributed by atoms with Crippen LogP contribution in [0.25, 0.3) is 0 Å². The number of anilines is 5. The predicted octanol–water partition coefficient (Wildman–Crippen LogP) is 3.34. The number of benzene rings is 2. The number of aromatic nitrogens is 2. The van der Waals surface area contributed by atoms with Crippen LogP contribution in [0.4, 0.5) is 33.2 Å². The van der Waals surface area contributed by atoms with Crippen LogP contribution in [0.2, 0.25) is 0 Å². The third-order valence-electron chi connectivity index (χ3n) is 4.99. The molecule has 164 valence electrons. The van der Waals surface area contributed by atoms with Crippen molar-refractivity contribution in [1.29, 1.82) is 0 Å². The molecule has 0 saturated carbocycles. The fourth-order valence-corrected chi connectivity index (χ4v) is 3.35. The summed E-state index contributed by atoms with van der Waals surface area (Å²) in [7, 11) is 1.56. The Morgan fingerprint density at radius 1 is 1.19 bits per heavy atom. The predicted molar refractivity (Wildman–Crippen MR) is 118 cm³/mol. The topological polar surface area (TPSA) is 122 Å². The highest BCUT2D eigenvalue weighted by Crippen LogP contribution is 2.28. The summed E-state index contributed by atoms with van der Waals surface area (Å²) in [5.41, 5.74) is 6.84. The fraction of sp³-hybridized carbons (Fsp3) is 0.182. The van der Waals surface area contributed by atoms with Crippen molar-refractivity contribution in [3.05, 3.63) is 60.0 Å². The lowest BCUT2D eigenvalue weighted by Gasteiger charge is -2.17. The number of nitrogens with zero attached hydrogens (tertiary/aromatic N) is 3. The number of carbonyl (C=O) groups excluding carboxylic acids is 2. The van der Waals surface area contributed by atoms with Crippen LogP contribution in [0.15, 0.2) is 48.7 Å². The highest BCUT2D eigenvalue weighted by molar-refractivity contribution is 5.98. The van der Waals surface area contributed by atoms with Gasteiger partial charge in [-0.1, -0.05) is 0 Å². The van der Waals surface area contributed by atoms with Crippen molar-refractivity contribution in [2.24, 2.45) is 5.73 Å². The number of nitrogens with one attached hydrogen (secondary N) is 2. The van der Waals surface area contributed by atoms with Gasteiger partial charge >= 0.3 is 0 Å². The first-order valence-corrected chi connectivity index (χ1v) is 9.89. The zero-order valence-electron chi connectivity index (χ0n) is 17.3. The number of methoxy groups -OCH3 is 1. The molecule has 4 N–H and O–H groups in total. The molecule has 1 saturated heterocycles. The van der Waals surface area contributed by atoms with E-state index >= 15 is 0 Å². The standard InChI is InChI=1S/C22H21FN6O3/c1-32-15-7-4-13(5-8-15)26-21-16(20(24)31)12-25-22(28-21)27-18-11-14(6-9-17(18)23)29-10-2-3-19(29)30/h4-9,11-12H,2-3,10H2,1H3,(H2,24,31)(H2,25,26,27,28). The summed E-state index contributed by atoms with van der Waals surface area (Å²) in [4.78, 5) is 33.8. The van der Waals surface area contributed by atoms with E-state index in [2.05, 4.69) is 20.6 Å². The number of halogens is 1. The lowest BCUT2D eigenvalue weighted by Crippen LogP contribution is -2.23. The molecule has 10 heteroatoms. The van der Waals surface area contributed by atoms with Crippen LogP contribution in [0.3, 0.4) is 0 Å². The summed E-state index contributed by atoms with van der Waals surface area (Å²) in [6, 6.07) is 11.3. The maximum atomic E-state index is 14.4. The molecule has 1 aliphatic rings. The first kappa shape index (κ1) is 21.0. The first-order valence-electron chi connectivity index (χ1n) is 9.89. The monoisotopic (exact) mass is 436 g/mol. The van der Waals surface area contributed by atoms with Crippen molar-refractivity contribution < 1.29 is 18.7 Å². The minimum Gasteiger partial charge on any atom is -0.497 e. The molecule has 0 spiro atoms. The molecule has 32 heavy (non-hydrogen) atoms.